The highest BCUT2D eigenvalue weighted by molar-refractivity contribution is 7.10. The summed E-state index contributed by atoms with van der Waals surface area (Å²) in [5.41, 5.74) is 0.543. The second kappa shape index (κ2) is 9.72. The first-order valence-electron chi connectivity index (χ1n) is 8.25. The number of hydrogen-bond donors (Lipinski definition) is 2. The Morgan fingerprint density at radius 3 is 2.38 bits per heavy atom. The zero-order valence-electron chi connectivity index (χ0n) is 14.7. The van der Waals surface area contributed by atoms with Crippen LogP contribution in [0.1, 0.15) is 41.0 Å². The lowest BCUT2D eigenvalue weighted by molar-refractivity contribution is -0.141. The number of methoxy groups -OCH3 is 1. The van der Waals surface area contributed by atoms with Gasteiger partial charge in [0.15, 0.2) is 0 Å². The molecule has 1 aromatic carbocycles. The molecule has 0 aliphatic rings. The summed E-state index contributed by atoms with van der Waals surface area (Å²) in [6.45, 7) is 1.76. The highest BCUT2D eigenvalue weighted by Crippen LogP contribution is 2.22. The Bertz CT molecular complexity index is 731. The Labute approximate surface area is 156 Å². The second-order valence-electron chi connectivity index (χ2n) is 5.86. The molecule has 26 heavy (non-hydrogen) atoms. The Balaban J connectivity index is 1.90. The molecule has 2 atom stereocenters. The van der Waals surface area contributed by atoms with Crippen molar-refractivity contribution in [2.45, 2.75) is 31.8 Å². The van der Waals surface area contributed by atoms with E-state index in [9.17, 15) is 14.4 Å². The van der Waals surface area contributed by atoms with Crippen LogP contribution >= 0.6 is 11.3 Å². The molecule has 0 aliphatic carbocycles. The summed E-state index contributed by atoms with van der Waals surface area (Å²) in [5.74, 6) is -0.863. The van der Waals surface area contributed by atoms with Gasteiger partial charge in [0.2, 0.25) is 5.91 Å². The van der Waals surface area contributed by atoms with Crippen LogP contribution in [0.25, 0.3) is 0 Å². The fraction of sp³-hybridized carbons (Fsp3) is 0.316. The van der Waals surface area contributed by atoms with E-state index in [-0.39, 0.29) is 30.7 Å². The van der Waals surface area contributed by atoms with Gasteiger partial charge in [0, 0.05) is 22.9 Å². The van der Waals surface area contributed by atoms with E-state index in [0.29, 0.717) is 5.56 Å². The smallest absolute Gasteiger partial charge is 0.307 e. The predicted octanol–water partition coefficient (Wildman–Crippen LogP) is 2.68. The van der Waals surface area contributed by atoms with Crippen molar-refractivity contribution in [3.8, 4) is 0 Å². The standard InChI is InChI=1S/C19H22N2O4S/c1-13(20-19(24)14-7-4-3-5-8-14)11-17(22)21-15(12-18(23)25-2)16-9-6-10-26-16/h3-10,13,15H,11-12H2,1-2H3,(H,20,24)(H,21,22). The van der Waals surface area contributed by atoms with Crippen LogP contribution in [0.2, 0.25) is 0 Å². The van der Waals surface area contributed by atoms with Crippen molar-refractivity contribution in [3.63, 3.8) is 0 Å². The summed E-state index contributed by atoms with van der Waals surface area (Å²) in [4.78, 5) is 36.9. The molecule has 2 aromatic rings. The molecule has 0 saturated heterocycles. The lowest BCUT2D eigenvalue weighted by Crippen LogP contribution is -2.38. The van der Waals surface area contributed by atoms with Crippen molar-refractivity contribution in [1.29, 1.82) is 0 Å². The van der Waals surface area contributed by atoms with Gasteiger partial charge in [-0.15, -0.1) is 11.3 Å². The van der Waals surface area contributed by atoms with E-state index in [0.717, 1.165) is 4.88 Å². The van der Waals surface area contributed by atoms with E-state index >= 15 is 0 Å². The van der Waals surface area contributed by atoms with Gasteiger partial charge in [0.1, 0.15) is 0 Å². The molecule has 0 aliphatic heterocycles. The molecule has 2 rings (SSSR count). The van der Waals surface area contributed by atoms with Crippen molar-refractivity contribution in [1.82, 2.24) is 10.6 Å². The minimum atomic E-state index is -0.438. The maximum absolute atomic E-state index is 12.3. The number of ether oxygens (including phenoxy) is 1. The fourth-order valence-corrected chi connectivity index (χ4v) is 3.22. The van der Waals surface area contributed by atoms with Crippen LogP contribution in [0.5, 0.6) is 0 Å². The van der Waals surface area contributed by atoms with Crippen LogP contribution in [0.4, 0.5) is 0 Å². The fourth-order valence-electron chi connectivity index (χ4n) is 2.44. The molecule has 2 unspecified atom stereocenters. The molecule has 0 fully saturated rings. The first kappa shape index (κ1) is 19.7. The largest absolute Gasteiger partial charge is 0.469 e. The molecule has 0 bridgehead atoms. The highest BCUT2D eigenvalue weighted by Gasteiger charge is 2.21. The van der Waals surface area contributed by atoms with Gasteiger partial charge >= 0.3 is 5.97 Å². The lowest BCUT2D eigenvalue weighted by Gasteiger charge is -2.19. The number of hydrogen-bond acceptors (Lipinski definition) is 5. The van der Waals surface area contributed by atoms with Crippen molar-refractivity contribution < 1.29 is 19.1 Å². The summed E-state index contributed by atoms with van der Waals surface area (Å²) in [7, 11) is 1.32. The van der Waals surface area contributed by atoms with Gasteiger partial charge in [0.25, 0.3) is 5.91 Å². The van der Waals surface area contributed by atoms with Crippen LogP contribution in [0.15, 0.2) is 47.8 Å². The van der Waals surface area contributed by atoms with Gasteiger partial charge in [0.05, 0.1) is 19.6 Å². The number of carbonyl (C=O) groups is 3. The summed E-state index contributed by atoms with van der Waals surface area (Å²) in [6, 6.07) is 11.8. The third-order valence-electron chi connectivity index (χ3n) is 3.73. The molecule has 138 valence electrons. The van der Waals surface area contributed by atoms with E-state index in [4.69, 9.17) is 4.74 Å². The van der Waals surface area contributed by atoms with Gasteiger partial charge < -0.3 is 15.4 Å². The molecular formula is C19H22N2O4S. The van der Waals surface area contributed by atoms with Gasteiger partial charge in [-0.3, -0.25) is 14.4 Å². The number of benzene rings is 1. The summed E-state index contributed by atoms with van der Waals surface area (Å²) >= 11 is 1.46. The lowest BCUT2D eigenvalue weighted by atomic mass is 10.1. The SMILES string of the molecule is COC(=O)CC(NC(=O)CC(C)NC(=O)c1ccccc1)c1cccs1. The van der Waals surface area contributed by atoms with E-state index in [1.807, 2.05) is 23.6 Å². The number of thiophene rings is 1. The first-order chi connectivity index (χ1) is 12.5. The Morgan fingerprint density at radius 1 is 1.04 bits per heavy atom. The van der Waals surface area contributed by atoms with Gasteiger partial charge in [-0.1, -0.05) is 24.3 Å². The third kappa shape index (κ3) is 6.00. The van der Waals surface area contributed by atoms with Gasteiger partial charge in [-0.2, -0.15) is 0 Å². The topological polar surface area (TPSA) is 84.5 Å². The summed E-state index contributed by atoms with van der Waals surface area (Å²) in [5, 5.41) is 7.53. The molecule has 1 aromatic heterocycles. The molecule has 0 spiro atoms. The maximum Gasteiger partial charge on any atom is 0.307 e. The molecule has 2 amide bonds. The molecule has 1 heterocycles. The van der Waals surface area contributed by atoms with Crippen LogP contribution in [-0.4, -0.2) is 30.9 Å². The van der Waals surface area contributed by atoms with Crippen LogP contribution in [0.3, 0.4) is 0 Å². The minimum Gasteiger partial charge on any atom is -0.469 e. The van der Waals surface area contributed by atoms with E-state index in [1.54, 1.807) is 31.2 Å². The van der Waals surface area contributed by atoms with E-state index in [2.05, 4.69) is 10.6 Å². The number of carbonyl (C=O) groups excluding carboxylic acids is 3. The van der Waals surface area contributed by atoms with E-state index < -0.39 is 12.0 Å². The van der Waals surface area contributed by atoms with Crippen molar-refractivity contribution in [3.05, 3.63) is 58.3 Å². The molecule has 2 N–H and O–H groups in total. The monoisotopic (exact) mass is 374 g/mol. The quantitative estimate of drug-likeness (QED) is 0.696. The van der Waals surface area contributed by atoms with Crippen LogP contribution in [-0.2, 0) is 14.3 Å². The zero-order valence-corrected chi connectivity index (χ0v) is 15.5. The Kier molecular flexibility index (Phi) is 7.35. The minimum absolute atomic E-state index is 0.0630. The van der Waals surface area contributed by atoms with Gasteiger partial charge in [-0.05, 0) is 30.5 Å². The molecule has 0 saturated carbocycles. The van der Waals surface area contributed by atoms with Crippen molar-refractivity contribution in [2.24, 2.45) is 0 Å². The molecular weight excluding hydrogens is 352 g/mol. The van der Waals surface area contributed by atoms with Crippen molar-refractivity contribution in [2.75, 3.05) is 7.11 Å². The van der Waals surface area contributed by atoms with Crippen molar-refractivity contribution >= 4 is 29.1 Å². The predicted molar refractivity (Wildman–Crippen MR) is 99.8 cm³/mol. The Morgan fingerprint density at radius 2 is 1.77 bits per heavy atom. The molecule has 0 radical (unpaired) electrons. The number of nitrogens with one attached hydrogen (secondary N) is 2. The average Bonchev–Trinajstić information content (AvgIpc) is 3.16. The second-order valence-corrected chi connectivity index (χ2v) is 6.84. The molecule has 7 heteroatoms. The van der Waals surface area contributed by atoms with Gasteiger partial charge in [-0.25, -0.2) is 0 Å². The normalized spacial score (nSPS) is 12.7. The van der Waals surface area contributed by atoms with Crippen LogP contribution in [0, 0.1) is 0 Å². The third-order valence-corrected chi connectivity index (χ3v) is 4.71. The summed E-state index contributed by atoms with van der Waals surface area (Å²) in [6.07, 6.45) is 0.176. The number of esters is 1. The van der Waals surface area contributed by atoms with E-state index in [1.165, 1.54) is 18.4 Å². The number of rotatable bonds is 8. The Hall–Kier alpha value is -2.67. The highest BCUT2D eigenvalue weighted by atomic mass is 32.1. The summed E-state index contributed by atoms with van der Waals surface area (Å²) < 4.78 is 4.70. The molecule has 6 nitrogen and oxygen atoms in total. The zero-order chi connectivity index (χ0) is 18.9. The number of amides is 2. The maximum atomic E-state index is 12.3. The average molecular weight is 374 g/mol. The van der Waals surface area contributed by atoms with Crippen LogP contribution < -0.4 is 10.6 Å². The first-order valence-corrected chi connectivity index (χ1v) is 9.13.